The molecule has 1 aromatic carbocycles. The highest BCUT2D eigenvalue weighted by atomic mass is 15.5. The summed E-state index contributed by atoms with van der Waals surface area (Å²) in [4.78, 5) is 1.51. The highest BCUT2D eigenvalue weighted by Crippen LogP contribution is 2.07. The fourth-order valence-electron chi connectivity index (χ4n) is 1.19. The summed E-state index contributed by atoms with van der Waals surface area (Å²) < 4.78 is 0. The van der Waals surface area contributed by atoms with Gasteiger partial charge in [-0.2, -0.15) is 15.0 Å². The van der Waals surface area contributed by atoms with Crippen molar-refractivity contribution in [1.82, 2.24) is 15.0 Å². The quantitative estimate of drug-likeness (QED) is 0.729. The summed E-state index contributed by atoms with van der Waals surface area (Å²) in [6.07, 6.45) is 6.78. The second-order valence-electron chi connectivity index (χ2n) is 3.04. The molecule has 1 atom stereocenters. The zero-order valence-electron chi connectivity index (χ0n) is 8.04. The Labute approximate surface area is 87.7 Å². The number of terminal acetylenes is 1. The normalized spacial score (nSPS) is 12.0. The molecule has 0 amide bonds. The fraction of sp³-hybridized carbons (Fsp3) is 0.0909. The molecule has 0 aliphatic rings. The van der Waals surface area contributed by atoms with Crippen molar-refractivity contribution in [2.24, 2.45) is 5.73 Å². The van der Waals surface area contributed by atoms with E-state index in [4.69, 9.17) is 12.2 Å². The van der Waals surface area contributed by atoms with Crippen LogP contribution in [0.5, 0.6) is 0 Å². The number of benzene rings is 1. The van der Waals surface area contributed by atoms with Crippen molar-refractivity contribution >= 4 is 0 Å². The first-order valence-electron chi connectivity index (χ1n) is 4.50. The Morgan fingerprint density at radius 2 is 2.07 bits per heavy atom. The Hall–Kier alpha value is -2.12. The summed E-state index contributed by atoms with van der Waals surface area (Å²) >= 11 is 0. The lowest BCUT2D eigenvalue weighted by Crippen LogP contribution is -2.08. The van der Waals surface area contributed by atoms with Crippen LogP contribution in [0.15, 0.2) is 36.5 Å². The van der Waals surface area contributed by atoms with E-state index in [9.17, 15) is 0 Å². The van der Waals surface area contributed by atoms with Crippen LogP contribution in [-0.2, 0) is 0 Å². The van der Waals surface area contributed by atoms with Crippen LogP contribution in [0, 0.1) is 12.3 Å². The first-order chi connectivity index (χ1) is 7.31. The molecule has 0 saturated carbocycles. The van der Waals surface area contributed by atoms with E-state index in [0.717, 1.165) is 5.69 Å². The van der Waals surface area contributed by atoms with Gasteiger partial charge in [0, 0.05) is 0 Å². The molecule has 2 N–H and O–H groups in total. The molecule has 0 bridgehead atoms. The SMILES string of the molecule is C#CC(N)c1cnn(-c2ccccc2)n1. The van der Waals surface area contributed by atoms with Crippen LogP contribution in [0.3, 0.4) is 0 Å². The average molecular weight is 198 g/mol. The van der Waals surface area contributed by atoms with Crippen LogP contribution in [0.2, 0.25) is 0 Å². The van der Waals surface area contributed by atoms with Gasteiger partial charge in [0.15, 0.2) is 0 Å². The molecule has 4 heteroatoms. The zero-order valence-corrected chi connectivity index (χ0v) is 8.04. The second-order valence-corrected chi connectivity index (χ2v) is 3.04. The van der Waals surface area contributed by atoms with E-state index in [2.05, 4.69) is 16.1 Å². The van der Waals surface area contributed by atoms with Crippen molar-refractivity contribution < 1.29 is 0 Å². The maximum absolute atomic E-state index is 5.63. The lowest BCUT2D eigenvalue weighted by molar-refractivity contribution is 0.729. The van der Waals surface area contributed by atoms with E-state index in [1.807, 2.05) is 30.3 Å². The van der Waals surface area contributed by atoms with Gasteiger partial charge >= 0.3 is 0 Å². The van der Waals surface area contributed by atoms with E-state index in [1.54, 1.807) is 6.20 Å². The molecule has 2 rings (SSSR count). The number of rotatable bonds is 2. The number of nitrogens with two attached hydrogens (primary N) is 1. The number of nitrogens with zero attached hydrogens (tertiary/aromatic N) is 3. The van der Waals surface area contributed by atoms with Gasteiger partial charge in [-0.15, -0.1) is 6.42 Å². The Kier molecular flexibility index (Phi) is 2.48. The van der Waals surface area contributed by atoms with Crippen molar-refractivity contribution in [2.75, 3.05) is 0 Å². The second kappa shape index (κ2) is 3.95. The molecule has 2 aromatic rings. The molecule has 0 aliphatic carbocycles. The maximum Gasteiger partial charge on any atom is 0.113 e. The maximum atomic E-state index is 5.63. The molecule has 4 nitrogen and oxygen atoms in total. The zero-order chi connectivity index (χ0) is 10.7. The Morgan fingerprint density at radius 3 is 2.73 bits per heavy atom. The molecule has 0 spiro atoms. The van der Waals surface area contributed by atoms with Crippen LogP contribution < -0.4 is 5.73 Å². The summed E-state index contributed by atoms with van der Waals surface area (Å²) in [5.74, 6) is 2.41. The van der Waals surface area contributed by atoms with Crippen LogP contribution >= 0.6 is 0 Å². The van der Waals surface area contributed by atoms with Crippen LogP contribution in [0.25, 0.3) is 5.69 Å². The van der Waals surface area contributed by atoms with E-state index < -0.39 is 6.04 Å². The van der Waals surface area contributed by atoms with E-state index in [0.29, 0.717) is 5.69 Å². The number of hydrogen-bond donors (Lipinski definition) is 1. The van der Waals surface area contributed by atoms with Crippen molar-refractivity contribution in [2.45, 2.75) is 6.04 Å². The highest BCUT2D eigenvalue weighted by molar-refractivity contribution is 5.29. The first kappa shape index (κ1) is 9.44. The average Bonchev–Trinajstić information content (AvgIpc) is 2.78. The van der Waals surface area contributed by atoms with E-state index in [-0.39, 0.29) is 0 Å². The van der Waals surface area contributed by atoms with Gasteiger partial charge < -0.3 is 5.73 Å². The molecular weight excluding hydrogens is 188 g/mol. The van der Waals surface area contributed by atoms with Crippen molar-refractivity contribution in [3.63, 3.8) is 0 Å². The van der Waals surface area contributed by atoms with Gasteiger partial charge in [0.25, 0.3) is 0 Å². The first-order valence-corrected chi connectivity index (χ1v) is 4.50. The minimum absolute atomic E-state index is 0.498. The van der Waals surface area contributed by atoms with Gasteiger partial charge in [0.1, 0.15) is 11.7 Å². The summed E-state index contributed by atoms with van der Waals surface area (Å²) in [6.45, 7) is 0. The third-order valence-electron chi connectivity index (χ3n) is 1.99. The monoisotopic (exact) mass is 198 g/mol. The molecule has 0 fully saturated rings. The predicted octanol–water partition coefficient (Wildman–Crippen LogP) is 0.900. The highest BCUT2D eigenvalue weighted by Gasteiger charge is 2.07. The van der Waals surface area contributed by atoms with Crippen LogP contribution in [0.1, 0.15) is 11.7 Å². The van der Waals surface area contributed by atoms with Gasteiger partial charge in [0.05, 0.1) is 11.9 Å². The smallest absolute Gasteiger partial charge is 0.113 e. The third-order valence-corrected chi connectivity index (χ3v) is 1.99. The summed E-state index contributed by atoms with van der Waals surface area (Å²) in [6, 6.07) is 9.08. The largest absolute Gasteiger partial charge is 0.313 e. The standard InChI is InChI=1S/C11H10N4/c1-2-10(12)11-8-13-15(14-11)9-6-4-3-5-7-9/h1,3-8,10H,12H2. The van der Waals surface area contributed by atoms with Crippen LogP contribution in [-0.4, -0.2) is 15.0 Å². The van der Waals surface area contributed by atoms with Gasteiger partial charge in [-0.05, 0) is 12.1 Å². The lowest BCUT2D eigenvalue weighted by atomic mass is 10.2. The van der Waals surface area contributed by atoms with E-state index >= 15 is 0 Å². The summed E-state index contributed by atoms with van der Waals surface area (Å²) in [5.41, 5.74) is 7.11. The molecule has 0 aliphatic heterocycles. The van der Waals surface area contributed by atoms with Gasteiger partial charge in [-0.3, -0.25) is 0 Å². The third kappa shape index (κ3) is 1.87. The molecule has 1 heterocycles. The topological polar surface area (TPSA) is 56.7 Å². The predicted molar refractivity (Wildman–Crippen MR) is 57.1 cm³/mol. The van der Waals surface area contributed by atoms with Gasteiger partial charge in [-0.1, -0.05) is 24.1 Å². The lowest BCUT2D eigenvalue weighted by Gasteiger charge is -1.98. The Bertz CT molecular complexity index is 481. The molecule has 74 valence electrons. The fourth-order valence-corrected chi connectivity index (χ4v) is 1.19. The Morgan fingerprint density at radius 1 is 1.33 bits per heavy atom. The number of aromatic nitrogens is 3. The molecule has 15 heavy (non-hydrogen) atoms. The number of hydrogen-bond acceptors (Lipinski definition) is 3. The van der Waals surface area contributed by atoms with Gasteiger partial charge in [0.2, 0.25) is 0 Å². The van der Waals surface area contributed by atoms with Crippen molar-refractivity contribution in [3.8, 4) is 18.0 Å². The van der Waals surface area contributed by atoms with Crippen molar-refractivity contribution in [3.05, 3.63) is 42.2 Å². The minimum Gasteiger partial charge on any atom is -0.313 e. The van der Waals surface area contributed by atoms with E-state index in [1.165, 1.54) is 4.80 Å². The summed E-state index contributed by atoms with van der Waals surface area (Å²) in [5, 5.41) is 8.27. The van der Waals surface area contributed by atoms with Crippen molar-refractivity contribution in [1.29, 1.82) is 0 Å². The summed E-state index contributed by atoms with van der Waals surface area (Å²) in [7, 11) is 0. The van der Waals surface area contributed by atoms with Gasteiger partial charge in [-0.25, -0.2) is 0 Å². The van der Waals surface area contributed by atoms with Crippen LogP contribution in [0.4, 0.5) is 0 Å². The molecule has 0 radical (unpaired) electrons. The Balaban J connectivity index is 2.33. The minimum atomic E-state index is -0.498. The molecule has 1 unspecified atom stereocenters. The number of para-hydroxylation sites is 1. The molecular formula is C11H10N4. The molecule has 0 saturated heterocycles. The molecule has 1 aromatic heterocycles.